The van der Waals surface area contributed by atoms with Crippen LogP contribution in [0, 0.1) is 29.5 Å². The molecule has 0 spiro atoms. The maximum atomic E-state index is 13.5. The lowest BCUT2D eigenvalue weighted by atomic mass is 9.76. The first kappa shape index (κ1) is 20.1. The fourth-order valence-corrected chi connectivity index (χ4v) is 5.31. The number of nitrogens with two attached hydrogens (primary N) is 1. The van der Waals surface area contributed by atoms with Crippen LogP contribution in [-0.4, -0.2) is 21.7 Å². The second-order valence-electron chi connectivity index (χ2n) is 6.71. The number of hydrogen-bond acceptors (Lipinski definition) is 8. The molecule has 1 aliphatic carbocycles. The van der Waals surface area contributed by atoms with Gasteiger partial charge >= 0.3 is 0 Å². The Morgan fingerprint density at radius 2 is 2.10 bits per heavy atom. The summed E-state index contributed by atoms with van der Waals surface area (Å²) in [6.45, 7) is 0. The lowest BCUT2D eigenvalue weighted by Gasteiger charge is -2.38. The number of nitriles is 1. The number of aromatic nitrogens is 2. The van der Waals surface area contributed by atoms with Crippen LogP contribution in [-0.2, 0) is 4.79 Å². The Balaban J connectivity index is 1.87. The predicted molar refractivity (Wildman–Crippen MR) is 114 cm³/mol. The van der Waals surface area contributed by atoms with Crippen LogP contribution < -0.4 is 10.6 Å². The molecule has 1 aromatic heterocycles. The maximum absolute atomic E-state index is 13.5. The van der Waals surface area contributed by atoms with Crippen LogP contribution in [0.25, 0.3) is 0 Å². The van der Waals surface area contributed by atoms with E-state index in [0.717, 1.165) is 5.70 Å². The van der Waals surface area contributed by atoms with E-state index in [-0.39, 0.29) is 23.0 Å². The van der Waals surface area contributed by atoms with E-state index in [0.29, 0.717) is 45.6 Å². The van der Waals surface area contributed by atoms with Crippen molar-refractivity contribution in [3.8, 4) is 18.4 Å². The summed E-state index contributed by atoms with van der Waals surface area (Å²) in [6, 6.07) is 7.99. The van der Waals surface area contributed by atoms with Crippen molar-refractivity contribution in [2.75, 3.05) is 10.7 Å². The van der Waals surface area contributed by atoms with Gasteiger partial charge in [-0.2, -0.15) is 5.26 Å². The Kier molecular flexibility index (Phi) is 5.58. The third-order valence-corrected chi connectivity index (χ3v) is 6.93. The number of carbonyl (C=O) groups is 1. The van der Waals surface area contributed by atoms with Gasteiger partial charge in [0, 0.05) is 17.7 Å². The van der Waals surface area contributed by atoms with Crippen molar-refractivity contribution in [3.63, 3.8) is 0 Å². The van der Waals surface area contributed by atoms with Crippen LogP contribution in [0.2, 0.25) is 0 Å². The van der Waals surface area contributed by atoms with Crippen molar-refractivity contribution in [2.45, 2.75) is 29.5 Å². The van der Waals surface area contributed by atoms with E-state index in [1.165, 1.54) is 35.2 Å². The third-order valence-electron chi connectivity index (χ3n) is 4.98. The molecular weight excluding hydrogens is 421 g/mol. The van der Waals surface area contributed by atoms with Gasteiger partial charge in [0.2, 0.25) is 5.13 Å². The highest BCUT2D eigenvalue weighted by Crippen LogP contribution is 2.47. The minimum Gasteiger partial charge on any atom is -0.384 e. The summed E-state index contributed by atoms with van der Waals surface area (Å²) in [4.78, 5) is 14.6. The Morgan fingerprint density at radius 1 is 1.33 bits per heavy atom. The molecule has 2 N–H and O–H groups in total. The van der Waals surface area contributed by atoms with E-state index in [4.69, 9.17) is 12.2 Å². The van der Waals surface area contributed by atoms with Gasteiger partial charge in [-0.1, -0.05) is 41.2 Å². The largest absolute Gasteiger partial charge is 0.384 e. The average molecular weight is 438 g/mol. The van der Waals surface area contributed by atoms with Crippen molar-refractivity contribution >= 4 is 34.0 Å². The first-order valence-corrected chi connectivity index (χ1v) is 11.0. The summed E-state index contributed by atoms with van der Waals surface area (Å²) >= 11 is 2.69. The van der Waals surface area contributed by atoms with Crippen LogP contribution in [0.5, 0.6) is 0 Å². The van der Waals surface area contributed by atoms with Crippen LogP contribution in [0.15, 0.2) is 51.3 Å². The highest BCUT2D eigenvalue weighted by atomic mass is 32.2. The molecule has 0 saturated heterocycles. The minimum absolute atomic E-state index is 0.0396. The van der Waals surface area contributed by atoms with Crippen molar-refractivity contribution in [1.29, 1.82) is 5.26 Å². The molecule has 0 amide bonds. The van der Waals surface area contributed by atoms with E-state index >= 15 is 0 Å². The van der Waals surface area contributed by atoms with Gasteiger partial charge in [0.15, 0.2) is 10.1 Å². The molecule has 30 heavy (non-hydrogen) atoms. The normalized spacial score (nSPS) is 18.8. The van der Waals surface area contributed by atoms with Crippen LogP contribution in [0.4, 0.5) is 9.52 Å². The molecule has 2 aliphatic rings. The number of Topliss-reactive ketones (excluding diaryl/α,β-unsaturated/α-hetero) is 1. The van der Waals surface area contributed by atoms with Gasteiger partial charge in [-0.05, 0) is 30.5 Å². The number of rotatable bonds is 4. The molecule has 1 aromatic carbocycles. The molecule has 1 unspecified atom stereocenters. The van der Waals surface area contributed by atoms with Gasteiger partial charge < -0.3 is 5.73 Å². The number of allylic oxidation sites excluding steroid dienone is 3. The minimum atomic E-state index is -0.627. The smallest absolute Gasteiger partial charge is 0.219 e. The fraction of sp³-hybridized carbons (Fsp3) is 0.238. The van der Waals surface area contributed by atoms with Gasteiger partial charge in [0.25, 0.3) is 0 Å². The van der Waals surface area contributed by atoms with Crippen LogP contribution in [0.1, 0.15) is 30.7 Å². The number of anilines is 1. The molecule has 2 aromatic rings. The van der Waals surface area contributed by atoms with Gasteiger partial charge in [-0.15, -0.1) is 16.6 Å². The Bertz CT molecular complexity index is 1150. The Hall–Kier alpha value is -3.14. The fourth-order valence-electron chi connectivity index (χ4n) is 3.75. The summed E-state index contributed by atoms with van der Waals surface area (Å²) in [6.07, 6.45) is 6.99. The maximum Gasteiger partial charge on any atom is 0.219 e. The highest BCUT2D eigenvalue weighted by molar-refractivity contribution is 8.01. The quantitative estimate of drug-likeness (QED) is 0.575. The van der Waals surface area contributed by atoms with Gasteiger partial charge in [-0.3, -0.25) is 9.69 Å². The third kappa shape index (κ3) is 3.47. The summed E-state index contributed by atoms with van der Waals surface area (Å²) in [7, 11) is 0. The topological polar surface area (TPSA) is 95.9 Å². The standard InChI is InChI=1S/C21H16FN5OS2/c1-2-10-29-21-26-25-20(30-21)27-15-4-3-5-16(28)18(15)17(14(11-23)19(27)24)12-6-8-13(22)9-7-12/h1,6-9,17H,3-5,10,24H2. The Morgan fingerprint density at radius 3 is 2.80 bits per heavy atom. The van der Waals surface area contributed by atoms with E-state index in [1.807, 2.05) is 0 Å². The molecule has 6 nitrogen and oxygen atoms in total. The van der Waals surface area contributed by atoms with Crippen LogP contribution in [0.3, 0.4) is 0 Å². The number of nitrogens with zero attached hydrogens (tertiary/aromatic N) is 4. The molecular formula is C21H16FN5OS2. The zero-order chi connectivity index (χ0) is 21.3. The number of thioether (sulfide) groups is 1. The summed E-state index contributed by atoms with van der Waals surface area (Å²) in [5.74, 6) is 2.16. The molecule has 0 fully saturated rings. The lowest BCUT2D eigenvalue weighted by Crippen LogP contribution is -2.38. The second-order valence-corrected chi connectivity index (χ2v) is 8.89. The summed E-state index contributed by atoms with van der Waals surface area (Å²) < 4.78 is 14.2. The number of carbonyl (C=O) groups excluding carboxylic acids is 1. The van der Waals surface area contributed by atoms with Crippen molar-refractivity contribution in [3.05, 3.63) is 58.3 Å². The molecule has 150 valence electrons. The number of hydrogen-bond donors (Lipinski definition) is 1. The molecule has 9 heteroatoms. The lowest BCUT2D eigenvalue weighted by molar-refractivity contribution is -0.116. The summed E-state index contributed by atoms with van der Waals surface area (Å²) in [5.41, 5.74) is 8.59. The monoisotopic (exact) mass is 437 g/mol. The van der Waals surface area contributed by atoms with Crippen molar-refractivity contribution < 1.29 is 9.18 Å². The van der Waals surface area contributed by atoms with E-state index < -0.39 is 5.92 Å². The zero-order valence-electron chi connectivity index (χ0n) is 15.8. The summed E-state index contributed by atoms with van der Waals surface area (Å²) in [5, 5.41) is 18.8. The van der Waals surface area contributed by atoms with Gasteiger partial charge in [0.05, 0.1) is 23.3 Å². The highest BCUT2D eigenvalue weighted by Gasteiger charge is 2.41. The predicted octanol–water partition coefficient (Wildman–Crippen LogP) is 3.71. The SMILES string of the molecule is C#CCSc1nnc(N2C(N)=C(C#N)C(c3ccc(F)cc3)C3=C2CCCC3=O)s1. The first-order chi connectivity index (χ1) is 14.5. The number of ketones is 1. The van der Waals surface area contributed by atoms with E-state index in [2.05, 4.69) is 22.2 Å². The first-order valence-electron chi connectivity index (χ1n) is 9.16. The molecule has 4 rings (SSSR count). The Labute approximate surface area is 181 Å². The second kappa shape index (κ2) is 8.31. The van der Waals surface area contributed by atoms with E-state index in [9.17, 15) is 14.4 Å². The molecule has 1 aliphatic heterocycles. The molecule has 0 bridgehead atoms. The number of halogens is 1. The van der Waals surface area contributed by atoms with Crippen molar-refractivity contribution in [1.82, 2.24) is 10.2 Å². The molecule has 2 heterocycles. The van der Waals surface area contributed by atoms with Crippen LogP contribution >= 0.6 is 23.1 Å². The average Bonchev–Trinajstić information content (AvgIpc) is 3.20. The van der Waals surface area contributed by atoms with Gasteiger partial charge in [0.1, 0.15) is 11.6 Å². The van der Waals surface area contributed by atoms with Gasteiger partial charge in [-0.25, -0.2) is 4.39 Å². The molecule has 0 radical (unpaired) electrons. The molecule has 0 saturated carbocycles. The van der Waals surface area contributed by atoms with Crippen molar-refractivity contribution in [2.24, 2.45) is 5.73 Å². The van der Waals surface area contributed by atoms with E-state index in [1.54, 1.807) is 17.0 Å². The zero-order valence-corrected chi connectivity index (χ0v) is 17.4. The number of terminal acetylenes is 1. The number of benzene rings is 1. The molecule has 1 atom stereocenters.